The van der Waals surface area contributed by atoms with Gasteiger partial charge in [-0.1, -0.05) is 226 Å². The number of esters is 3. The zero-order valence-electron chi connectivity index (χ0n) is 46.2. The first-order chi connectivity index (χ1) is 35.0. The van der Waals surface area contributed by atoms with E-state index in [9.17, 15) is 14.4 Å². The monoisotopic (exact) mass is 985 g/mol. The topological polar surface area (TPSA) is 78.9 Å². The molecule has 0 rings (SSSR count). The van der Waals surface area contributed by atoms with Crippen molar-refractivity contribution in [2.24, 2.45) is 0 Å². The molecule has 0 spiro atoms. The van der Waals surface area contributed by atoms with Gasteiger partial charge >= 0.3 is 17.9 Å². The van der Waals surface area contributed by atoms with Crippen LogP contribution in [0.1, 0.15) is 265 Å². The lowest BCUT2D eigenvalue weighted by Gasteiger charge is -2.18. The van der Waals surface area contributed by atoms with Crippen LogP contribution in [0.5, 0.6) is 0 Å². The summed E-state index contributed by atoms with van der Waals surface area (Å²) in [6.07, 6.45) is 79.3. The molecule has 6 nitrogen and oxygen atoms in total. The Kier molecular flexibility index (Phi) is 55.4. The SMILES string of the molecule is CC/C=C\C/C=C\C/C=C\C/C=C\C/C=C\CCCCCC(=O)OC[C@H](COC(=O)CCCCCCCCCCC/C=C\C/C=C\CCCCC)OC(=O)CCCCCCC/C=C\C/C=C\CCCCC. The lowest BCUT2D eigenvalue weighted by Crippen LogP contribution is -2.30. The Bertz CT molecular complexity index is 1460. The average Bonchev–Trinajstić information content (AvgIpc) is 3.37. The minimum absolute atomic E-state index is 0.0980. The zero-order chi connectivity index (χ0) is 51.4. The van der Waals surface area contributed by atoms with Crippen LogP contribution in [0.4, 0.5) is 0 Å². The maximum atomic E-state index is 12.9. The molecule has 0 unspecified atom stereocenters. The number of hydrogen-bond donors (Lipinski definition) is 0. The predicted octanol–water partition coefficient (Wildman–Crippen LogP) is 19.9. The first kappa shape index (κ1) is 67.1. The third-order valence-electron chi connectivity index (χ3n) is 12.2. The largest absolute Gasteiger partial charge is 0.462 e. The van der Waals surface area contributed by atoms with Gasteiger partial charge in [-0.2, -0.15) is 0 Å². The standard InChI is InChI=1S/C65H108O6/c1-4-7-10-13-16-19-22-25-28-30-32-34-37-39-42-45-48-51-54-57-63(66)69-60-62(71-65(68)59-56-53-50-47-44-41-36-27-24-21-18-15-12-9-6-3)61-70-64(67)58-55-52-49-46-43-40-38-35-33-31-29-26-23-20-17-14-11-8-5-2/h7,10,16-21,25-29,32,34,36,39,42,62H,4-6,8-9,11-15,22-24,30-31,33,35,37-38,40-41,43-61H2,1-3H3/b10-7-,19-16-,20-17-,21-18-,28-25-,29-26-,34-32-,36-27-,42-39-/t62-/m1/s1. The Morgan fingerprint density at radius 1 is 0.296 bits per heavy atom. The van der Waals surface area contributed by atoms with Gasteiger partial charge < -0.3 is 14.2 Å². The number of carbonyl (C=O) groups is 3. The van der Waals surface area contributed by atoms with Crippen LogP contribution in [-0.4, -0.2) is 37.2 Å². The molecule has 404 valence electrons. The van der Waals surface area contributed by atoms with Gasteiger partial charge in [-0.15, -0.1) is 0 Å². The van der Waals surface area contributed by atoms with Gasteiger partial charge in [-0.25, -0.2) is 0 Å². The summed E-state index contributed by atoms with van der Waals surface area (Å²) in [5.74, 6) is -0.947. The summed E-state index contributed by atoms with van der Waals surface area (Å²) in [6, 6.07) is 0. The molecule has 0 aliphatic heterocycles. The summed E-state index contributed by atoms with van der Waals surface area (Å²) >= 11 is 0. The Hall–Kier alpha value is -3.93. The first-order valence-corrected chi connectivity index (χ1v) is 29.4. The highest BCUT2D eigenvalue weighted by Gasteiger charge is 2.19. The van der Waals surface area contributed by atoms with Crippen LogP contribution in [0.25, 0.3) is 0 Å². The zero-order valence-corrected chi connectivity index (χ0v) is 46.2. The van der Waals surface area contributed by atoms with Gasteiger partial charge in [0.15, 0.2) is 6.10 Å². The number of hydrogen-bond acceptors (Lipinski definition) is 6. The molecule has 0 aromatic carbocycles. The summed E-state index contributed by atoms with van der Waals surface area (Å²) in [7, 11) is 0. The Labute approximate surface area is 438 Å². The Morgan fingerprint density at radius 2 is 0.549 bits per heavy atom. The Morgan fingerprint density at radius 3 is 0.873 bits per heavy atom. The maximum absolute atomic E-state index is 12.9. The van der Waals surface area contributed by atoms with Crippen LogP contribution in [0.3, 0.4) is 0 Å². The van der Waals surface area contributed by atoms with Crippen molar-refractivity contribution in [3.63, 3.8) is 0 Å². The van der Waals surface area contributed by atoms with E-state index in [1.807, 2.05) is 0 Å². The third-order valence-corrected chi connectivity index (χ3v) is 12.2. The van der Waals surface area contributed by atoms with Crippen molar-refractivity contribution in [2.75, 3.05) is 13.2 Å². The minimum atomic E-state index is -0.804. The molecule has 0 saturated carbocycles. The van der Waals surface area contributed by atoms with E-state index in [0.29, 0.717) is 19.3 Å². The molecular weight excluding hydrogens is 877 g/mol. The van der Waals surface area contributed by atoms with Gasteiger partial charge in [-0.05, 0) is 128 Å². The van der Waals surface area contributed by atoms with Crippen molar-refractivity contribution in [1.82, 2.24) is 0 Å². The third kappa shape index (κ3) is 56.9. The summed E-state index contributed by atoms with van der Waals surface area (Å²) in [5.41, 5.74) is 0. The van der Waals surface area contributed by atoms with E-state index in [2.05, 4.69) is 130 Å². The smallest absolute Gasteiger partial charge is 0.306 e. The summed E-state index contributed by atoms with van der Waals surface area (Å²) in [5, 5.41) is 0. The van der Waals surface area contributed by atoms with Crippen LogP contribution < -0.4 is 0 Å². The highest BCUT2D eigenvalue weighted by atomic mass is 16.6. The minimum Gasteiger partial charge on any atom is -0.462 e. The van der Waals surface area contributed by atoms with Gasteiger partial charge in [0, 0.05) is 19.3 Å². The van der Waals surface area contributed by atoms with Crippen molar-refractivity contribution in [3.05, 3.63) is 109 Å². The van der Waals surface area contributed by atoms with Crippen molar-refractivity contribution in [1.29, 1.82) is 0 Å². The van der Waals surface area contributed by atoms with E-state index in [4.69, 9.17) is 14.2 Å². The first-order valence-electron chi connectivity index (χ1n) is 29.4. The van der Waals surface area contributed by atoms with E-state index < -0.39 is 6.10 Å². The summed E-state index contributed by atoms with van der Waals surface area (Å²) < 4.78 is 16.8. The van der Waals surface area contributed by atoms with E-state index in [1.54, 1.807) is 0 Å². The fourth-order valence-corrected chi connectivity index (χ4v) is 7.82. The molecule has 0 fully saturated rings. The van der Waals surface area contributed by atoms with Crippen molar-refractivity contribution >= 4 is 17.9 Å². The molecule has 0 aliphatic carbocycles. The molecule has 1 atom stereocenters. The molecule has 0 heterocycles. The van der Waals surface area contributed by atoms with Crippen molar-refractivity contribution in [3.8, 4) is 0 Å². The molecule has 6 heteroatoms. The second-order valence-corrected chi connectivity index (χ2v) is 19.2. The number of allylic oxidation sites excluding steroid dienone is 18. The van der Waals surface area contributed by atoms with Crippen molar-refractivity contribution in [2.45, 2.75) is 271 Å². The average molecular weight is 986 g/mol. The van der Waals surface area contributed by atoms with Crippen LogP contribution in [0, 0.1) is 0 Å². The summed E-state index contributed by atoms with van der Waals surface area (Å²) in [6.45, 7) is 6.44. The second kappa shape index (κ2) is 58.6. The predicted molar refractivity (Wildman–Crippen MR) is 307 cm³/mol. The highest BCUT2D eigenvalue weighted by molar-refractivity contribution is 5.71. The number of carbonyl (C=O) groups excluding carboxylic acids is 3. The number of rotatable bonds is 52. The lowest BCUT2D eigenvalue weighted by atomic mass is 10.1. The van der Waals surface area contributed by atoms with E-state index in [0.717, 1.165) is 128 Å². The molecular formula is C65H108O6. The molecule has 0 aromatic heterocycles. The molecule has 0 saturated heterocycles. The highest BCUT2D eigenvalue weighted by Crippen LogP contribution is 2.14. The maximum Gasteiger partial charge on any atom is 0.306 e. The lowest BCUT2D eigenvalue weighted by molar-refractivity contribution is -0.167. The second-order valence-electron chi connectivity index (χ2n) is 19.2. The van der Waals surface area contributed by atoms with Gasteiger partial charge in [0.25, 0.3) is 0 Å². The van der Waals surface area contributed by atoms with Crippen molar-refractivity contribution < 1.29 is 28.6 Å². The fourth-order valence-electron chi connectivity index (χ4n) is 7.82. The number of ether oxygens (including phenoxy) is 3. The van der Waals surface area contributed by atoms with Crippen LogP contribution in [0.2, 0.25) is 0 Å². The Balaban J connectivity index is 4.47. The number of unbranched alkanes of at least 4 members (excludes halogenated alkanes) is 23. The molecule has 0 radical (unpaired) electrons. The molecule has 0 aliphatic rings. The van der Waals surface area contributed by atoms with E-state index in [-0.39, 0.29) is 31.1 Å². The van der Waals surface area contributed by atoms with Gasteiger partial charge in [-0.3, -0.25) is 14.4 Å². The van der Waals surface area contributed by atoms with Crippen LogP contribution >= 0.6 is 0 Å². The van der Waals surface area contributed by atoms with E-state index >= 15 is 0 Å². The van der Waals surface area contributed by atoms with Gasteiger partial charge in [0.05, 0.1) is 0 Å². The fraction of sp³-hybridized carbons (Fsp3) is 0.677. The van der Waals surface area contributed by atoms with Gasteiger partial charge in [0.2, 0.25) is 0 Å². The van der Waals surface area contributed by atoms with Crippen LogP contribution in [0.15, 0.2) is 109 Å². The molecule has 0 bridgehead atoms. The molecule has 71 heavy (non-hydrogen) atoms. The normalized spacial score (nSPS) is 12.9. The molecule has 0 N–H and O–H groups in total. The molecule has 0 aromatic rings. The summed E-state index contributed by atoms with van der Waals surface area (Å²) in [4.78, 5) is 38.2. The van der Waals surface area contributed by atoms with Crippen LogP contribution in [-0.2, 0) is 28.6 Å². The van der Waals surface area contributed by atoms with Gasteiger partial charge in [0.1, 0.15) is 13.2 Å². The quantitative estimate of drug-likeness (QED) is 0.0261. The van der Waals surface area contributed by atoms with E-state index in [1.165, 1.54) is 96.3 Å². The molecule has 0 amide bonds.